The first-order chi connectivity index (χ1) is 12.3. The van der Waals surface area contributed by atoms with Gasteiger partial charge in [-0.2, -0.15) is 9.78 Å². The highest BCUT2D eigenvalue weighted by Crippen LogP contribution is 2.16. The van der Waals surface area contributed by atoms with Gasteiger partial charge in [-0.05, 0) is 38.5 Å². The average molecular weight is 372 g/mol. The molecule has 0 aliphatic heterocycles. The minimum absolute atomic E-state index is 0.193. The van der Waals surface area contributed by atoms with Crippen LogP contribution in [-0.4, -0.2) is 25.7 Å². The number of carbonyl (C=O) groups excluding carboxylic acids is 1. The number of rotatable bonds is 4. The number of aromatic amines is 1. The number of hydrogen-bond acceptors (Lipinski definition) is 4. The summed E-state index contributed by atoms with van der Waals surface area (Å²) in [4.78, 5) is 31.4. The summed E-state index contributed by atoms with van der Waals surface area (Å²) in [6, 6.07) is 8.79. The van der Waals surface area contributed by atoms with Crippen LogP contribution in [0.5, 0.6) is 0 Å². The van der Waals surface area contributed by atoms with Crippen LogP contribution in [0.25, 0.3) is 5.95 Å². The van der Waals surface area contributed by atoms with Crippen molar-refractivity contribution in [2.75, 3.05) is 5.32 Å². The predicted octanol–water partition coefficient (Wildman–Crippen LogP) is 2.72. The Labute approximate surface area is 155 Å². The molecule has 3 aromatic rings. The Morgan fingerprint density at radius 2 is 1.92 bits per heavy atom. The van der Waals surface area contributed by atoms with E-state index in [0.29, 0.717) is 27.8 Å². The van der Waals surface area contributed by atoms with E-state index in [-0.39, 0.29) is 23.8 Å². The Bertz CT molecular complexity index is 1020. The first-order valence-electron chi connectivity index (χ1n) is 8.02. The van der Waals surface area contributed by atoms with Gasteiger partial charge in [0.1, 0.15) is 5.82 Å². The maximum absolute atomic E-state index is 12.4. The largest absolute Gasteiger partial charge is 0.310 e. The maximum Gasteiger partial charge on any atom is 0.255 e. The van der Waals surface area contributed by atoms with Gasteiger partial charge >= 0.3 is 0 Å². The van der Waals surface area contributed by atoms with Crippen LogP contribution in [0.3, 0.4) is 0 Å². The van der Waals surface area contributed by atoms with E-state index in [1.54, 1.807) is 51.1 Å². The van der Waals surface area contributed by atoms with Gasteiger partial charge in [0, 0.05) is 22.3 Å². The number of anilines is 1. The lowest BCUT2D eigenvalue weighted by Crippen LogP contribution is -2.21. The number of carbonyl (C=O) groups is 1. The molecular formula is C18H18ClN5O2. The smallest absolute Gasteiger partial charge is 0.255 e. The van der Waals surface area contributed by atoms with E-state index >= 15 is 0 Å². The van der Waals surface area contributed by atoms with E-state index in [9.17, 15) is 9.59 Å². The van der Waals surface area contributed by atoms with Crippen LogP contribution in [0.4, 0.5) is 5.82 Å². The molecule has 0 aliphatic carbocycles. The third-order valence-corrected chi connectivity index (χ3v) is 4.21. The first-order valence-corrected chi connectivity index (χ1v) is 8.40. The minimum Gasteiger partial charge on any atom is -0.310 e. The van der Waals surface area contributed by atoms with Gasteiger partial charge in [0.05, 0.1) is 12.1 Å². The molecule has 3 rings (SSSR count). The van der Waals surface area contributed by atoms with Crippen molar-refractivity contribution in [1.29, 1.82) is 0 Å². The summed E-state index contributed by atoms with van der Waals surface area (Å²) in [5, 5.41) is 7.75. The van der Waals surface area contributed by atoms with Crippen molar-refractivity contribution >= 4 is 23.3 Å². The Morgan fingerprint density at radius 3 is 2.58 bits per heavy atom. The second-order valence-electron chi connectivity index (χ2n) is 6.03. The van der Waals surface area contributed by atoms with E-state index in [1.807, 2.05) is 0 Å². The number of hydrogen-bond donors (Lipinski definition) is 2. The average Bonchev–Trinajstić information content (AvgIpc) is 2.94. The number of amides is 1. The van der Waals surface area contributed by atoms with Gasteiger partial charge in [0.15, 0.2) is 0 Å². The summed E-state index contributed by atoms with van der Waals surface area (Å²) >= 11 is 5.86. The second kappa shape index (κ2) is 7.13. The van der Waals surface area contributed by atoms with E-state index in [1.165, 1.54) is 4.68 Å². The fraction of sp³-hybridized carbons (Fsp3) is 0.222. The summed E-state index contributed by atoms with van der Waals surface area (Å²) in [7, 11) is 0. The highest BCUT2D eigenvalue weighted by atomic mass is 35.5. The van der Waals surface area contributed by atoms with Gasteiger partial charge in [-0.25, -0.2) is 4.98 Å². The summed E-state index contributed by atoms with van der Waals surface area (Å²) in [5.41, 5.74) is 2.44. The van der Waals surface area contributed by atoms with E-state index in [4.69, 9.17) is 11.6 Å². The lowest BCUT2D eigenvalue weighted by Gasteiger charge is -2.09. The summed E-state index contributed by atoms with van der Waals surface area (Å²) in [6.45, 7) is 5.25. The van der Waals surface area contributed by atoms with Crippen molar-refractivity contribution in [2.45, 2.75) is 27.2 Å². The Balaban J connectivity index is 1.86. The molecule has 0 fully saturated rings. The molecule has 0 spiro atoms. The second-order valence-corrected chi connectivity index (χ2v) is 6.47. The molecule has 26 heavy (non-hydrogen) atoms. The number of aryl methyl sites for hydroxylation is 2. The van der Waals surface area contributed by atoms with Crippen molar-refractivity contribution in [3.8, 4) is 5.95 Å². The van der Waals surface area contributed by atoms with E-state index < -0.39 is 0 Å². The zero-order chi connectivity index (χ0) is 18.8. The van der Waals surface area contributed by atoms with Gasteiger partial charge < -0.3 is 5.32 Å². The van der Waals surface area contributed by atoms with Crippen LogP contribution in [0.1, 0.15) is 22.5 Å². The van der Waals surface area contributed by atoms with Gasteiger partial charge in [-0.1, -0.05) is 23.7 Å². The third kappa shape index (κ3) is 3.83. The van der Waals surface area contributed by atoms with Crippen LogP contribution in [0, 0.1) is 20.8 Å². The standard InChI is InChI=1S/C18H18ClN5O2/c1-10-8-15(21-16(25)9-13-4-6-14(19)7-5-13)24(23-10)18-20-12(3)11(2)17(26)22-18/h4-8H,9H2,1-3H3,(H,21,25)(H,20,22,26). The fourth-order valence-corrected chi connectivity index (χ4v) is 2.58. The van der Waals surface area contributed by atoms with Crippen molar-refractivity contribution < 1.29 is 4.79 Å². The van der Waals surface area contributed by atoms with Crippen LogP contribution >= 0.6 is 11.6 Å². The molecule has 2 N–H and O–H groups in total. The molecule has 0 unspecified atom stereocenters. The molecule has 8 heteroatoms. The lowest BCUT2D eigenvalue weighted by atomic mass is 10.1. The molecule has 134 valence electrons. The van der Waals surface area contributed by atoms with E-state index in [0.717, 1.165) is 5.56 Å². The lowest BCUT2D eigenvalue weighted by molar-refractivity contribution is -0.115. The van der Waals surface area contributed by atoms with Crippen molar-refractivity contribution in [2.24, 2.45) is 0 Å². The molecule has 2 aromatic heterocycles. The molecule has 0 atom stereocenters. The monoisotopic (exact) mass is 371 g/mol. The summed E-state index contributed by atoms with van der Waals surface area (Å²) in [5.74, 6) is 0.487. The Hall–Kier alpha value is -2.93. The molecule has 7 nitrogen and oxygen atoms in total. The Morgan fingerprint density at radius 1 is 1.23 bits per heavy atom. The molecule has 0 radical (unpaired) electrons. The van der Waals surface area contributed by atoms with Crippen molar-refractivity contribution in [3.05, 3.63) is 68.2 Å². The zero-order valence-electron chi connectivity index (χ0n) is 14.6. The molecule has 1 amide bonds. The van der Waals surface area contributed by atoms with Gasteiger partial charge in [-0.3, -0.25) is 14.6 Å². The zero-order valence-corrected chi connectivity index (χ0v) is 15.4. The number of aromatic nitrogens is 4. The van der Waals surface area contributed by atoms with Crippen LogP contribution < -0.4 is 10.9 Å². The van der Waals surface area contributed by atoms with Gasteiger partial charge in [-0.15, -0.1) is 0 Å². The number of nitrogens with zero attached hydrogens (tertiary/aromatic N) is 3. The summed E-state index contributed by atoms with van der Waals surface area (Å²) in [6.07, 6.45) is 0.193. The molecule has 0 aliphatic rings. The van der Waals surface area contributed by atoms with Gasteiger partial charge in [0.2, 0.25) is 11.9 Å². The highest BCUT2D eigenvalue weighted by molar-refractivity contribution is 6.30. The normalized spacial score (nSPS) is 10.8. The predicted molar refractivity (Wildman–Crippen MR) is 100.0 cm³/mol. The third-order valence-electron chi connectivity index (χ3n) is 3.96. The molecule has 1 aromatic carbocycles. The minimum atomic E-state index is -0.237. The van der Waals surface area contributed by atoms with Crippen LogP contribution in [0.2, 0.25) is 5.02 Å². The molecule has 0 saturated carbocycles. The fourth-order valence-electron chi connectivity index (χ4n) is 2.46. The van der Waals surface area contributed by atoms with Gasteiger partial charge in [0.25, 0.3) is 5.56 Å². The number of nitrogens with one attached hydrogen (secondary N) is 2. The molecule has 0 bridgehead atoms. The van der Waals surface area contributed by atoms with Crippen molar-refractivity contribution in [1.82, 2.24) is 19.7 Å². The first kappa shape index (κ1) is 17.9. The van der Waals surface area contributed by atoms with Crippen LogP contribution in [0.15, 0.2) is 35.1 Å². The molecule has 0 saturated heterocycles. The Kier molecular flexibility index (Phi) is 4.90. The number of H-pyrrole nitrogens is 1. The number of halogens is 1. The molecule has 2 heterocycles. The summed E-state index contributed by atoms with van der Waals surface area (Å²) < 4.78 is 1.42. The quantitative estimate of drug-likeness (QED) is 0.737. The maximum atomic E-state index is 12.4. The van der Waals surface area contributed by atoms with Crippen molar-refractivity contribution in [3.63, 3.8) is 0 Å². The van der Waals surface area contributed by atoms with E-state index in [2.05, 4.69) is 20.4 Å². The SMILES string of the molecule is Cc1cc(NC(=O)Cc2ccc(Cl)cc2)n(-c2nc(C)c(C)c(=O)[nH]2)n1. The molecular weight excluding hydrogens is 354 g/mol. The highest BCUT2D eigenvalue weighted by Gasteiger charge is 2.14. The number of benzene rings is 1. The van der Waals surface area contributed by atoms with Crippen LogP contribution in [-0.2, 0) is 11.2 Å². The topological polar surface area (TPSA) is 92.7 Å².